The van der Waals surface area contributed by atoms with E-state index in [-0.39, 0.29) is 6.04 Å². The van der Waals surface area contributed by atoms with Gasteiger partial charge in [-0.25, -0.2) is 0 Å². The molecule has 0 saturated heterocycles. The van der Waals surface area contributed by atoms with Crippen LogP contribution in [-0.2, 0) is 0 Å². The summed E-state index contributed by atoms with van der Waals surface area (Å²) in [7, 11) is 0. The summed E-state index contributed by atoms with van der Waals surface area (Å²) in [6.07, 6.45) is 13.8. The van der Waals surface area contributed by atoms with Crippen molar-refractivity contribution in [1.29, 1.82) is 0 Å². The monoisotopic (exact) mass is 745 g/mol. The Hall–Kier alpha value is -7.36. The quantitative estimate of drug-likeness (QED) is 0.0814. The second-order valence-electron chi connectivity index (χ2n) is 14.8. The first-order valence-electron chi connectivity index (χ1n) is 19.9. The summed E-state index contributed by atoms with van der Waals surface area (Å²) in [5.74, 6) is 0.470. The van der Waals surface area contributed by atoms with Crippen LogP contribution in [0, 0.1) is 0 Å². The molecule has 9 rings (SSSR count). The standard InChI is InChI=1S/C55H43N3/c1-38(12-2-3-13-40-25-33-52-50-20-7-6-18-48(50)49-19-8-9-21-51(49)53(52)36-40)55(56)58-54(34-26-39-23-27-41(28-24-39)45-16-11-35-57-37-45)44-31-29-43(30-32-44)47-22-10-15-42-14-4-5-17-46(42)47/h3-11,13-37,54H,1-2,12H2,(H2,56,58)/b13-3+,34-26+. The predicted molar refractivity (Wildman–Crippen MR) is 249 cm³/mol. The zero-order valence-corrected chi connectivity index (χ0v) is 32.3. The van der Waals surface area contributed by atoms with Crippen molar-refractivity contribution >= 4 is 61.1 Å². The summed E-state index contributed by atoms with van der Waals surface area (Å²) in [4.78, 5) is 9.35. The molecule has 1 aromatic heterocycles. The van der Waals surface area contributed by atoms with E-state index in [9.17, 15) is 0 Å². The molecule has 0 amide bonds. The normalized spacial score (nSPS) is 12.7. The molecule has 0 saturated carbocycles. The minimum absolute atomic E-state index is 0.296. The fraction of sp³-hybridized carbons (Fsp3) is 0.0545. The van der Waals surface area contributed by atoms with Gasteiger partial charge in [-0.1, -0.05) is 189 Å². The summed E-state index contributed by atoms with van der Waals surface area (Å²) < 4.78 is 0. The van der Waals surface area contributed by atoms with Gasteiger partial charge < -0.3 is 5.73 Å². The van der Waals surface area contributed by atoms with Gasteiger partial charge >= 0.3 is 0 Å². The molecule has 2 N–H and O–H groups in total. The second kappa shape index (κ2) is 16.4. The molecule has 0 bridgehead atoms. The first-order valence-corrected chi connectivity index (χ1v) is 19.9. The number of hydrogen-bond acceptors (Lipinski definition) is 2. The molecule has 0 fully saturated rings. The highest BCUT2D eigenvalue weighted by molar-refractivity contribution is 6.25. The van der Waals surface area contributed by atoms with Gasteiger partial charge in [0.2, 0.25) is 0 Å². The number of amidine groups is 1. The van der Waals surface area contributed by atoms with Gasteiger partial charge in [-0.15, -0.1) is 0 Å². The molecule has 1 atom stereocenters. The largest absolute Gasteiger partial charge is 0.384 e. The molecule has 3 nitrogen and oxygen atoms in total. The summed E-state index contributed by atoms with van der Waals surface area (Å²) in [6, 6.07) is 60.0. The molecule has 0 radical (unpaired) electrons. The Labute approximate surface area is 339 Å². The van der Waals surface area contributed by atoms with E-state index in [1.165, 1.54) is 54.2 Å². The molecular weight excluding hydrogens is 703 g/mol. The maximum Gasteiger partial charge on any atom is 0.121 e. The van der Waals surface area contributed by atoms with Crippen molar-refractivity contribution in [3.63, 3.8) is 0 Å². The molecule has 3 heteroatoms. The van der Waals surface area contributed by atoms with Crippen molar-refractivity contribution < 1.29 is 0 Å². The highest BCUT2D eigenvalue weighted by atomic mass is 14.9. The molecule has 8 aromatic carbocycles. The van der Waals surface area contributed by atoms with Crippen molar-refractivity contribution in [2.45, 2.75) is 18.9 Å². The summed E-state index contributed by atoms with van der Waals surface area (Å²) in [5.41, 5.74) is 15.5. The summed E-state index contributed by atoms with van der Waals surface area (Å²) in [5, 5.41) is 10.1. The average molecular weight is 746 g/mol. The summed E-state index contributed by atoms with van der Waals surface area (Å²) in [6.45, 7) is 4.37. The Morgan fingerprint density at radius 3 is 1.90 bits per heavy atom. The van der Waals surface area contributed by atoms with Gasteiger partial charge in [-0.05, 0) is 113 Å². The predicted octanol–water partition coefficient (Wildman–Crippen LogP) is 14.2. The van der Waals surface area contributed by atoms with Crippen LogP contribution in [0.1, 0.15) is 35.6 Å². The number of aliphatic imine (C=N–C) groups is 1. The van der Waals surface area contributed by atoms with Crippen LogP contribution in [0.25, 0.3) is 77.5 Å². The topological polar surface area (TPSA) is 51.3 Å². The Morgan fingerprint density at radius 2 is 1.19 bits per heavy atom. The van der Waals surface area contributed by atoms with Crippen LogP contribution in [-0.4, -0.2) is 10.8 Å². The van der Waals surface area contributed by atoms with E-state index in [0.717, 1.165) is 39.8 Å². The first-order chi connectivity index (χ1) is 28.6. The van der Waals surface area contributed by atoms with E-state index in [2.05, 4.69) is 200 Å². The number of hydrogen-bond donors (Lipinski definition) is 1. The molecule has 0 spiro atoms. The second-order valence-corrected chi connectivity index (χ2v) is 14.8. The fourth-order valence-electron chi connectivity index (χ4n) is 7.96. The van der Waals surface area contributed by atoms with Crippen molar-refractivity contribution in [2.75, 3.05) is 0 Å². The Bertz CT molecular complexity index is 2970. The lowest BCUT2D eigenvalue weighted by atomic mass is 9.93. The first kappa shape index (κ1) is 36.3. The van der Waals surface area contributed by atoms with Crippen LogP contribution in [0.5, 0.6) is 0 Å². The maximum atomic E-state index is 6.73. The number of nitrogens with two attached hydrogens (primary N) is 1. The fourth-order valence-corrected chi connectivity index (χ4v) is 7.96. The van der Waals surface area contributed by atoms with Crippen LogP contribution < -0.4 is 5.73 Å². The molecule has 58 heavy (non-hydrogen) atoms. The van der Waals surface area contributed by atoms with Crippen LogP contribution >= 0.6 is 0 Å². The molecule has 9 aromatic rings. The van der Waals surface area contributed by atoms with Gasteiger partial charge in [-0.3, -0.25) is 9.98 Å². The summed E-state index contributed by atoms with van der Waals surface area (Å²) >= 11 is 0. The zero-order chi connectivity index (χ0) is 39.3. The molecular formula is C55H43N3. The van der Waals surface area contributed by atoms with Gasteiger partial charge in [0.05, 0.1) is 6.04 Å². The van der Waals surface area contributed by atoms with Crippen LogP contribution in [0.15, 0.2) is 212 Å². The van der Waals surface area contributed by atoms with Crippen LogP contribution in [0.3, 0.4) is 0 Å². The van der Waals surface area contributed by atoms with Crippen LogP contribution in [0.2, 0.25) is 0 Å². The Morgan fingerprint density at radius 1 is 0.569 bits per heavy atom. The van der Waals surface area contributed by atoms with E-state index < -0.39 is 0 Å². The van der Waals surface area contributed by atoms with Crippen molar-refractivity contribution in [1.82, 2.24) is 4.98 Å². The van der Waals surface area contributed by atoms with Crippen molar-refractivity contribution in [3.8, 4) is 22.3 Å². The lowest BCUT2D eigenvalue weighted by molar-refractivity contribution is 0.906. The highest BCUT2D eigenvalue weighted by Crippen LogP contribution is 2.36. The molecule has 1 heterocycles. The van der Waals surface area contributed by atoms with E-state index >= 15 is 0 Å². The number of nitrogens with zero attached hydrogens (tertiary/aromatic N) is 2. The minimum Gasteiger partial charge on any atom is -0.384 e. The van der Waals surface area contributed by atoms with Crippen molar-refractivity contribution in [3.05, 3.63) is 223 Å². The third-order valence-corrected chi connectivity index (χ3v) is 11.1. The number of benzene rings is 8. The molecule has 0 aliphatic heterocycles. The van der Waals surface area contributed by atoms with Gasteiger partial charge in [0.1, 0.15) is 5.84 Å². The number of fused-ring (bicyclic) bond motifs is 7. The smallest absolute Gasteiger partial charge is 0.121 e. The number of allylic oxidation sites excluding steroid dienone is 1. The number of aromatic nitrogens is 1. The molecule has 0 aliphatic carbocycles. The molecule has 1 unspecified atom stereocenters. The Kier molecular flexibility index (Phi) is 10.3. The van der Waals surface area contributed by atoms with Gasteiger partial charge in [0.15, 0.2) is 0 Å². The zero-order valence-electron chi connectivity index (χ0n) is 32.3. The number of pyridine rings is 1. The van der Waals surface area contributed by atoms with Crippen LogP contribution in [0.4, 0.5) is 0 Å². The third kappa shape index (κ3) is 7.58. The molecule has 0 aliphatic rings. The van der Waals surface area contributed by atoms with E-state index in [1.807, 2.05) is 12.3 Å². The van der Waals surface area contributed by atoms with Crippen molar-refractivity contribution in [2.24, 2.45) is 10.7 Å². The van der Waals surface area contributed by atoms with E-state index in [1.54, 1.807) is 6.20 Å². The average Bonchev–Trinajstić information content (AvgIpc) is 3.29. The van der Waals surface area contributed by atoms with Gasteiger partial charge in [0.25, 0.3) is 0 Å². The minimum atomic E-state index is -0.296. The molecule has 278 valence electrons. The van der Waals surface area contributed by atoms with Gasteiger partial charge in [-0.2, -0.15) is 0 Å². The number of rotatable bonds is 11. The third-order valence-electron chi connectivity index (χ3n) is 11.1. The lowest BCUT2D eigenvalue weighted by Gasteiger charge is -2.13. The maximum absolute atomic E-state index is 6.73. The van der Waals surface area contributed by atoms with E-state index in [0.29, 0.717) is 12.3 Å². The van der Waals surface area contributed by atoms with E-state index in [4.69, 9.17) is 10.7 Å². The Balaban J connectivity index is 0.948. The lowest BCUT2D eigenvalue weighted by Crippen LogP contribution is -2.15. The SMILES string of the molecule is C=C(CC/C=C/c1ccc2c3ccccc3c3ccccc3c2c1)C(N)=NC(/C=C/c1ccc(-c2cccnc2)cc1)c1ccc(-c2cccc3ccccc23)cc1. The van der Waals surface area contributed by atoms with Gasteiger partial charge in [0, 0.05) is 12.4 Å². The highest BCUT2D eigenvalue weighted by Gasteiger charge is 2.12.